The van der Waals surface area contributed by atoms with Gasteiger partial charge < -0.3 is 9.30 Å². The molecule has 6 heteroatoms. The highest BCUT2D eigenvalue weighted by molar-refractivity contribution is 5.88. The van der Waals surface area contributed by atoms with Crippen molar-refractivity contribution in [2.45, 2.75) is 19.9 Å². The van der Waals surface area contributed by atoms with Crippen molar-refractivity contribution < 1.29 is 14.5 Å². The number of aromatic nitrogens is 1. The predicted molar refractivity (Wildman–Crippen MR) is 52.7 cm³/mol. The predicted octanol–water partition coefficient (Wildman–Crippen LogP) is 1.59. The summed E-state index contributed by atoms with van der Waals surface area (Å²) in [6, 6.07) is 1.22. The molecule has 1 rings (SSSR count). The lowest BCUT2D eigenvalue weighted by molar-refractivity contribution is -0.384. The average Bonchev–Trinajstić information content (AvgIpc) is 2.61. The number of nitro groups is 1. The molecule has 0 aliphatic rings. The van der Waals surface area contributed by atoms with Crippen LogP contribution in [-0.4, -0.2) is 22.6 Å². The van der Waals surface area contributed by atoms with Gasteiger partial charge in [-0.2, -0.15) is 0 Å². The molecule has 0 aromatic carbocycles. The van der Waals surface area contributed by atoms with E-state index in [9.17, 15) is 14.9 Å². The number of hydrogen-bond donors (Lipinski definition) is 0. The smallest absolute Gasteiger partial charge is 0.354 e. The van der Waals surface area contributed by atoms with Gasteiger partial charge in [0.25, 0.3) is 5.69 Å². The first-order chi connectivity index (χ1) is 7.10. The number of hydrogen-bond acceptors (Lipinski definition) is 4. The molecule has 0 N–H and O–H groups in total. The molecule has 6 nitrogen and oxygen atoms in total. The molecular formula is C9H12N2O4. The van der Waals surface area contributed by atoms with Crippen molar-refractivity contribution in [3.8, 4) is 0 Å². The first kappa shape index (κ1) is 11.2. The summed E-state index contributed by atoms with van der Waals surface area (Å²) in [7, 11) is 1.25. The van der Waals surface area contributed by atoms with Crippen molar-refractivity contribution in [3.63, 3.8) is 0 Å². The van der Waals surface area contributed by atoms with E-state index >= 15 is 0 Å². The molecule has 0 fully saturated rings. The zero-order valence-corrected chi connectivity index (χ0v) is 8.60. The monoisotopic (exact) mass is 212 g/mol. The second kappa shape index (κ2) is 4.59. The molecular weight excluding hydrogens is 200 g/mol. The molecule has 0 atom stereocenters. The minimum absolute atomic E-state index is 0.0937. The fraction of sp³-hybridized carbons (Fsp3) is 0.444. The van der Waals surface area contributed by atoms with Crippen LogP contribution in [-0.2, 0) is 11.3 Å². The van der Waals surface area contributed by atoms with Gasteiger partial charge in [-0.25, -0.2) is 4.79 Å². The standard InChI is InChI=1S/C9H12N2O4/c1-3-4-10-6-7(11(13)14)5-8(10)9(12)15-2/h5-6H,3-4H2,1-2H3. The molecule has 1 aromatic rings. The average molecular weight is 212 g/mol. The fourth-order valence-electron chi connectivity index (χ4n) is 1.30. The van der Waals surface area contributed by atoms with E-state index in [1.54, 1.807) is 0 Å². The number of nitrogens with zero attached hydrogens (tertiary/aromatic N) is 2. The number of rotatable bonds is 4. The van der Waals surface area contributed by atoms with Gasteiger partial charge in [0.15, 0.2) is 0 Å². The summed E-state index contributed by atoms with van der Waals surface area (Å²) in [5.41, 5.74) is 0.120. The van der Waals surface area contributed by atoms with Gasteiger partial charge >= 0.3 is 5.97 Å². The zero-order valence-electron chi connectivity index (χ0n) is 8.60. The lowest BCUT2D eigenvalue weighted by atomic mass is 10.4. The van der Waals surface area contributed by atoms with Gasteiger partial charge in [-0.3, -0.25) is 10.1 Å². The van der Waals surface area contributed by atoms with Crippen LogP contribution in [0.25, 0.3) is 0 Å². The van der Waals surface area contributed by atoms with Crippen molar-refractivity contribution in [1.82, 2.24) is 4.57 Å². The Labute approximate surface area is 86.6 Å². The van der Waals surface area contributed by atoms with Gasteiger partial charge in [-0.05, 0) is 6.42 Å². The van der Waals surface area contributed by atoms with Crippen LogP contribution in [0.2, 0.25) is 0 Å². The summed E-state index contributed by atoms with van der Waals surface area (Å²) in [6.45, 7) is 2.48. The molecule has 82 valence electrons. The Morgan fingerprint density at radius 3 is 2.80 bits per heavy atom. The normalized spacial score (nSPS) is 10.0. The summed E-state index contributed by atoms with van der Waals surface area (Å²) < 4.78 is 6.07. The van der Waals surface area contributed by atoms with Gasteiger partial charge in [-0.1, -0.05) is 6.92 Å². The molecule has 0 unspecified atom stereocenters. The van der Waals surface area contributed by atoms with Crippen LogP contribution in [0.5, 0.6) is 0 Å². The molecule has 0 saturated carbocycles. The summed E-state index contributed by atoms with van der Waals surface area (Å²) in [5, 5.41) is 10.5. The van der Waals surface area contributed by atoms with Crippen LogP contribution < -0.4 is 0 Å². The van der Waals surface area contributed by atoms with E-state index in [-0.39, 0.29) is 11.4 Å². The van der Waals surface area contributed by atoms with Crippen LogP contribution in [0.4, 0.5) is 5.69 Å². The Morgan fingerprint density at radius 1 is 1.67 bits per heavy atom. The van der Waals surface area contributed by atoms with E-state index < -0.39 is 10.9 Å². The topological polar surface area (TPSA) is 74.4 Å². The highest BCUT2D eigenvalue weighted by atomic mass is 16.6. The van der Waals surface area contributed by atoms with Crippen LogP contribution in [0, 0.1) is 10.1 Å². The number of carbonyl (C=O) groups excluding carboxylic acids is 1. The number of esters is 1. The third kappa shape index (κ3) is 2.34. The molecule has 0 saturated heterocycles. The van der Waals surface area contributed by atoms with Gasteiger partial charge in [0.2, 0.25) is 0 Å². The second-order valence-corrected chi connectivity index (χ2v) is 3.03. The van der Waals surface area contributed by atoms with Crippen molar-refractivity contribution in [2.75, 3.05) is 7.11 Å². The van der Waals surface area contributed by atoms with Crippen molar-refractivity contribution in [3.05, 3.63) is 28.1 Å². The molecule has 0 amide bonds. The Bertz CT molecular complexity index is 383. The molecule has 15 heavy (non-hydrogen) atoms. The van der Waals surface area contributed by atoms with Crippen LogP contribution in [0.1, 0.15) is 23.8 Å². The Hall–Kier alpha value is -1.85. The maximum absolute atomic E-state index is 11.3. The zero-order chi connectivity index (χ0) is 11.4. The van der Waals surface area contributed by atoms with E-state index in [1.165, 1.54) is 23.9 Å². The van der Waals surface area contributed by atoms with Crippen LogP contribution in [0.3, 0.4) is 0 Å². The number of aryl methyl sites for hydroxylation is 1. The summed E-state index contributed by atoms with van der Waals surface area (Å²) in [4.78, 5) is 21.3. The lowest BCUT2D eigenvalue weighted by Gasteiger charge is -2.03. The van der Waals surface area contributed by atoms with E-state index in [0.29, 0.717) is 6.54 Å². The van der Waals surface area contributed by atoms with E-state index in [2.05, 4.69) is 4.74 Å². The SMILES string of the molecule is CCCn1cc([N+](=O)[O-])cc1C(=O)OC. The molecule has 1 heterocycles. The van der Waals surface area contributed by atoms with Crippen molar-refractivity contribution in [2.24, 2.45) is 0 Å². The van der Waals surface area contributed by atoms with Crippen LogP contribution in [0.15, 0.2) is 12.3 Å². The van der Waals surface area contributed by atoms with E-state index in [4.69, 9.17) is 0 Å². The third-order valence-corrected chi connectivity index (χ3v) is 1.95. The molecule has 0 bridgehead atoms. The lowest BCUT2D eigenvalue weighted by Crippen LogP contribution is -2.09. The highest BCUT2D eigenvalue weighted by Crippen LogP contribution is 2.17. The van der Waals surface area contributed by atoms with Gasteiger partial charge in [-0.15, -0.1) is 0 Å². The highest BCUT2D eigenvalue weighted by Gasteiger charge is 2.19. The summed E-state index contributed by atoms with van der Waals surface area (Å²) in [6.07, 6.45) is 2.13. The Morgan fingerprint density at radius 2 is 2.33 bits per heavy atom. The molecule has 1 aromatic heterocycles. The molecule has 0 radical (unpaired) electrons. The Kier molecular flexibility index (Phi) is 3.43. The summed E-state index contributed by atoms with van der Waals surface area (Å²) >= 11 is 0. The van der Waals surface area contributed by atoms with Crippen molar-refractivity contribution in [1.29, 1.82) is 0 Å². The van der Waals surface area contributed by atoms with E-state index in [0.717, 1.165) is 6.42 Å². The largest absolute Gasteiger partial charge is 0.464 e. The van der Waals surface area contributed by atoms with E-state index in [1.807, 2.05) is 6.92 Å². The molecule has 0 aliphatic heterocycles. The molecule has 0 spiro atoms. The number of methoxy groups -OCH3 is 1. The van der Waals surface area contributed by atoms with Crippen LogP contribution >= 0.6 is 0 Å². The quantitative estimate of drug-likeness (QED) is 0.431. The maximum Gasteiger partial charge on any atom is 0.354 e. The minimum Gasteiger partial charge on any atom is -0.464 e. The summed E-state index contributed by atoms with van der Waals surface area (Å²) in [5.74, 6) is -0.559. The van der Waals surface area contributed by atoms with Gasteiger partial charge in [0, 0.05) is 12.6 Å². The van der Waals surface area contributed by atoms with Gasteiger partial charge in [0.1, 0.15) is 5.69 Å². The third-order valence-electron chi connectivity index (χ3n) is 1.95. The number of ether oxygens (including phenoxy) is 1. The van der Waals surface area contributed by atoms with Gasteiger partial charge in [0.05, 0.1) is 18.2 Å². The molecule has 0 aliphatic carbocycles. The first-order valence-corrected chi connectivity index (χ1v) is 4.53. The fourth-order valence-corrected chi connectivity index (χ4v) is 1.30. The second-order valence-electron chi connectivity index (χ2n) is 3.03. The van der Waals surface area contributed by atoms with Crippen molar-refractivity contribution >= 4 is 11.7 Å². The number of carbonyl (C=O) groups is 1. The minimum atomic E-state index is -0.559. The Balaban J connectivity index is 3.11. The first-order valence-electron chi connectivity index (χ1n) is 4.53. The maximum atomic E-state index is 11.3.